The van der Waals surface area contributed by atoms with Crippen LogP contribution in [0.5, 0.6) is 11.5 Å². The highest BCUT2D eigenvalue weighted by Gasteiger charge is 2.20. The molecule has 0 aliphatic carbocycles. The van der Waals surface area contributed by atoms with Crippen LogP contribution in [0.25, 0.3) is 0 Å². The topological polar surface area (TPSA) is 60.0 Å². The second-order valence-corrected chi connectivity index (χ2v) is 5.15. The van der Waals surface area contributed by atoms with Gasteiger partial charge in [0.1, 0.15) is 0 Å². The van der Waals surface area contributed by atoms with Crippen LogP contribution >= 0.6 is 11.6 Å². The zero-order chi connectivity index (χ0) is 15.2. The number of halogens is 1. The van der Waals surface area contributed by atoms with E-state index in [1.54, 1.807) is 19.2 Å². The molecule has 1 aliphatic rings. The number of carbonyl (C=O) groups excluding carboxylic acids is 1. The van der Waals surface area contributed by atoms with Crippen molar-refractivity contribution >= 4 is 17.5 Å². The zero-order valence-corrected chi connectivity index (χ0v) is 12.9. The summed E-state index contributed by atoms with van der Waals surface area (Å²) < 4.78 is 15.5. The lowest BCUT2D eigenvalue weighted by Gasteiger charge is -2.16. The molecule has 2 rings (SSSR count). The van der Waals surface area contributed by atoms with Gasteiger partial charge in [-0.1, -0.05) is 11.6 Å². The van der Waals surface area contributed by atoms with Crippen molar-refractivity contribution in [3.05, 3.63) is 22.7 Å². The van der Waals surface area contributed by atoms with Crippen molar-refractivity contribution in [1.82, 2.24) is 10.2 Å². The molecule has 1 aliphatic heterocycles. The Labute approximate surface area is 128 Å². The Hall–Kier alpha value is -1.50. The van der Waals surface area contributed by atoms with E-state index >= 15 is 0 Å². The Bertz CT molecular complexity index is 510. The minimum Gasteiger partial charge on any atom is -0.454 e. The maximum absolute atomic E-state index is 12.1. The van der Waals surface area contributed by atoms with E-state index < -0.39 is 0 Å². The van der Waals surface area contributed by atoms with Gasteiger partial charge in [0.25, 0.3) is 5.91 Å². The lowest BCUT2D eigenvalue weighted by atomic mass is 10.2. The minimum atomic E-state index is -0.185. The second kappa shape index (κ2) is 7.49. The van der Waals surface area contributed by atoms with Crippen LogP contribution < -0.4 is 14.8 Å². The first-order valence-electron chi connectivity index (χ1n) is 6.66. The van der Waals surface area contributed by atoms with Gasteiger partial charge >= 0.3 is 0 Å². The average Bonchev–Trinajstić information content (AvgIpc) is 2.94. The molecule has 0 radical (unpaired) electrons. The van der Waals surface area contributed by atoms with Crippen LogP contribution in [-0.2, 0) is 4.74 Å². The van der Waals surface area contributed by atoms with Crippen LogP contribution in [0.1, 0.15) is 10.4 Å². The lowest BCUT2D eigenvalue weighted by Crippen LogP contribution is -2.34. The first-order valence-corrected chi connectivity index (χ1v) is 7.04. The number of carbonyl (C=O) groups is 1. The third kappa shape index (κ3) is 4.23. The Kier molecular flexibility index (Phi) is 5.67. The summed E-state index contributed by atoms with van der Waals surface area (Å²) in [4.78, 5) is 14.2. The van der Waals surface area contributed by atoms with E-state index in [1.165, 1.54) is 0 Å². The average molecular weight is 315 g/mol. The van der Waals surface area contributed by atoms with E-state index in [1.807, 2.05) is 7.05 Å². The summed E-state index contributed by atoms with van der Waals surface area (Å²) in [6.45, 7) is 2.91. The smallest absolute Gasteiger partial charge is 0.251 e. The molecule has 0 bridgehead atoms. The summed E-state index contributed by atoms with van der Waals surface area (Å²) in [6, 6.07) is 3.22. The van der Waals surface area contributed by atoms with Gasteiger partial charge in [-0.3, -0.25) is 4.79 Å². The summed E-state index contributed by atoms with van der Waals surface area (Å²) in [5.74, 6) is 0.813. The molecule has 21 heavy (non-hydrogen) atoms. The molecule has 0 saturated heterocycles. The first-order chi connectivity index (χ1) is 10.1. The quantitative estimate of drug-likeness (QED) is 0.824. The highest BCUT2D eigenvalue weighted by molar-refractivity contribution is 6.32. The number of benzene rings is 1. The summed E-state index contributed by atoms with van der Waals surface area (Å²) >= 11 is 6.05. The molecule has 0 aromatic heterocycles. The van der Waals surface area contributed by atoms with E-state index in [9.17, 15) is 4.79 Å². The monoisotopic (exact) mass is 314 g/mol. The van der Waals surface area contributed by atoms with Crippen molar-refractivity contribution in [2.45, 2.75) is 0 Å². The van der Waals surface area contributed by atoms with Crippen molar-refractivity contribution in [2.75, 3.05) is 47.2 Å². The van der Waals surface area contributed by atoms with E-state index in [0.717, 1.165) is 13.1 Å². The maximum atomic E-state index is 12.1. The van der Waals surface area contributed by atoms with Crippen LogP contribution in [0.15, 0.2) is 12.1 Å². The normalized spacial score (nSPS) is 12.8. The molecule has 6 nitrogen and oxygen atoms in total. The minimum absolute atomic E-state index is 0.129. The highest BCUT2D eigenvalue weighted by atomic mass is 35.5. The number of nitrogens with zero attached hydrogens (tertiary/aromatic N) is 1. The zero-order valence-electron chi connectivity index (χ0n) is 12.1. The third-order valence-electron chi connectivity index (χ3n) is 3.15. The van der Waals surface area contributed by atoms with Crippen molar-refractivity contribution in [2.24, 2.45) is 0 Å². The van der Waals surface area contributed by atoms with E-state index in [-0.39, 0.29) is 12.7 Å². The summed E-state index contributed by atoms with van der Waals surface area (Å²) in [5.41, 5.74) is 0.462. The second-order valence-electron chi connectivity index (χ2n) is 4.74. The molecule has 1 amide bonds. The van der Waals surface area contributed by atoms with Crippen molar-refractivity contribution in [3.63, 3.8) is 0 Å². The molecule has 7 heteroatoms. The predicted octanol–water partition coefficient (Wildman–Crippen LogP) is 1.38. The van der Waals surface area contributed by atoms with Gasteiger partial charge in [-0.25, -0.2) is 0 Å². The van der Waals surface area contributed by atoms with Gasteiger partial charge in [-0.2, -0.15) is 0 Å². The number of hydrogen-bond acceptors (Lipinski definition) is 5. The molecule has 1 heterocycles. The number of likely N-dealkylation sites (N-methyl/N-ethyl adjacent to an activating group) is 1. The molecule has 0 saturated carbocycles. The van der Waals surface area contributed by atoms with Crippen molar-refractivity contribution in [1.29, 1.82) is 0 Å². The Morgan fingerprint density at radius 2 is 2.24 bits per heavy atom. The Morgan fingerprint density at radius 3 is 3.00 bits per heavy atom. The Morgan fingerprint density at radius 1 is 1.43 bits per heavy atom. The predicted molar refractivity (Wildman–Crippen MR) is 79.3 cm³/mol. The molecule has 0 unspecified atom stereocenters. The fraction of sp³-hybridized carbons (Fsp3) is 0.500. The molecule has 0 spiro atoms. The van der Waals surface area contributed by atoms with Gasteiger partial charge < -0.3 is 24.4 Å². The molecule has 1 aromatic carbocycles. The van der Waals surface area contributed by atoms with Gasteiger partial charge in [-0.15, -0.1) is 0 Å². The number of nitrogens with one attached hydrogen (secondary N) is 1. The molecule has 116 valence electrons. The number of ether oxygens (including phenoxy) is 3. The SMILES string of the molecule is COCCN(C)CCNC(=O)c1cc(Cl)c2c(c1)OCO2. The van der Waals surface area contributed by atoms with Gasteiger partial charge in [0.2, 0.25) is 6.79 Å². The molecule has 0 atom stereocenters. The largest absolute Gasteiger partial charge is 0.454 e. The molecule has 0 fully saturated rings. The fourth-order valence-corrected chi connectivity index (χ4v) is 2.18. The molecule has 1 N–H and O–H groups in total. The van der Waals surface area contributed by atoms with Crippen molar-refractivity contribution in [3.8, 4) is 11.5 Å². The van der Waals surface area contributed by atoms with Crippen LogP contribution in [0.4, 0.5) is 0 Å². The number of methoxy groups -OCH3 is 1. The Balaban J connectivity index is 1.85. The number of rotatable bonds is 7. The third-order valence-corrected chi connectivity index (χ3v) is 3.43. The number of fused-ring (bicyclic) bond motifs is 1. The van der Waals surface area contributed by atoms with Crippen LogP contribution in [0, 0.1) is 0 Å². The van der Waals surface area contributed by atoms with Gasteiger partial charge in [0.15, 0.2) is 11.5 Å². The van der Waals surface area contributed by atoms with Crippen LogP contribution in [-0.4, -0.2) is 58.0 Å². The lowest BCUT2D eigenvalue weighted by molar-refractivity contribution is 0.0947. The number of hydrogen-bond donors (Lipinski definition) is 1. The van der Waals surface area contributed by atoms with E-state index in [2.05, 4.69) is 10.2 Å². The standard InChI is InChI=1S/C14H19ClN2O4/c1-17(5-6-19-2)4-3-16-14(18)10-7-11(15)13-12(8-10)20-9-21-13/h7-8H,3-6,9H2,1-2H3,(H,16,18). The molecular weight excluding hydrogens is 296 g/mol. The molecular formula is C14H19ClN2O4. The maximum Gasteiger partial charge on any atom is 0.251 e. The van der Waals surface area contributed by atoms with Crippen LogP contribution in [0.2, 0.25) is 5.02 Å². The highest BCUT2D eigenvalue weighted by Crippen LogP contribution is 2.39. The van der Waals surface area contributed by atoms with E-state index in [0.29, 0.717) is 35.2 Å². The summed E-state index contributed by atoms with van der Waals surface area (Å²) in [7, 11) is 3.64. The van der Waals surface area contributed by atoms with Gasteiger partial charge in [0.05, 0.1) is 11.6 Å². The summed E-state index contributed by atoms with van der Waals surface area (Å²) in [6.07, 6.45) is 0. The first kappa shape index (κ1) is 15.9. The molecule has 1 aromatic rings. The van der Waals surface area contributed by atoms with Gasteiger partial charge in [0, 0.05) is 32.3 Å². The van der Waals surface area contributed by atoms with Crippen LogP contribution in [0.3, 0.4) is 0 Å². The van der Waals surface area contributed by atoms with Crippen molar-refractivity contribution < 1.29 is 19.0 Å². The summed E-state index contributed by atoms with van der Waals surface area (Å²) in [5, 5.41) is 3.23. The fourth-order valence-electron chi connectivity index (χ4n) is 1.92. The number of amides is 1. The van der Waals surface area contributed by atoms with Gasteiger partial charge in [-0.05, 0) is 19.2 Å². The van der Waals surface area contributed by atoms with E-state index in [4.69, 9.17) is 25.8 Å².